The van der Waals surface area contributed by atoms with Gasteiger partial charge >= 0.3 is 0 Å². The number of anilines is 1. The Morgan fingerprint density at radius 1 is 1.42 bits per heavy atom. The molecule has 0 saturated carbocycles. The molecule has 1 radical (unpaired) electrons. The van der Waals surface area contributed by atoms with Gasteiger partial charge in [0.1, 0.15) is 0 Å². The Morgan fingerprint density at radius 3 is 2.92 bits per heavy atom. The van der Waals surface area contributed by atoms with Gasteiger partial charge in [-0.2, -0.15) is 0 Å². The van der Waals surface area contributed by atoms with E-state index in [4.69, 9.17) is 5.73 Å². The quantitative estimate of drug-likeness (QED) is 0.719. The van der Waals surface area contributed by atoms with Gasteiger partial charge in [-0.3, -0.25) is 0 Å². The van der Waals surface area contributed by atoms with Crippen LogP contribution in [0.1, 0.15) is 0 Å². The van der Waals surface area contributed by atoms with Gasteiger partial charge in [0, 0.05) is 22.1 Å². The molecule has 2 nitrogen and oxygen atoms in total. The maximum Gasteiger partial charge on any atom is 0.0657 e. The molecule has 0 amide bonds. The van der Waals surface area contributed by atoms with Crippen LogP contribution < -0.4 is 5.73 Å². The fraction of sp³-hybridized carbons (Fsp3) is 0. The van der Waals surface area contributed by atoms with Crippen LogP contribution in [-0.2, 0) is 0 Å². The number of rotatable bonds is 0. The van der Waals surface area contributed by atoms with Gasteiger partial charge in [0.2, 0.25) is 0 Å². The second-order valence-corrected chi connectivity index (χ2v) is 4.09. The number of hydrogen-bond acceptors (Lipinski definition) is 1. The number of nitrogens with one attached hydrogen (secondary N) is 1. The molecular formula is C8H5Br2N2. The highest BCUT2D eigenvalue weighted by molar-refractivity contribution is 9.11. The van der Waals surface area contributed by atoms with Gasteiger partial charge in [-0.25, -0.2) is 0 Å². The minimum Gasteiger partial charge on any atom is -0.397 e. The van der Waals surface area contributed by atoms with Crippen LogP contribution in [-0.4, -0.2) is 4.98 Å². The van der Waals surface area contributed by atoms with Crippen molar-refractivity contribution in [3.8, 4) is 0 Å². The molecule has 0 bridgehead atoms. The van der Waals surface area contributed by atoms with Crippen molar-refractivity contribution in [3.05, 3.63) is 27.3 Å². The van der Waals surface area contributed by atoms with Gasteiger partial charge in [0.25, 0.3) is 0 Å². The Bertz CT molecular complexity index is 434. The van der Waals surface area contributed by atoms with E-state index in [1.165, 1.54) is 0 Å². The van der Waals surface area contributed by atoms with Crippen LogP contribution in [0.5, 0.6) is 0 Å². The molecule has 12 heavy (non-hydrogen) atoms. The Kier molecular flexibility index (Phi) is 1.88. The summed E-state index contributed by atoms with van der Waals surface area (Å²) in [6.45, 7) is 0. The summed E-state index contributed by atoms with van der Waals surface area (Å²) in [7, 11) is 0. The van der Waals surface area contributed by atoms with E-state index in [1.807, 2.05) is 6.07 Å². The standard InChI is InChI=1S/C8H5Br2N2/c9-5-3-4-1-2-12-8(4)6(10)7(5)11/h2-3,12H,11H2. The van der Waals surface area contributed by atoms with E-state index in [1.54, 1.807) is 6.20 Å². The van der Waals surface area contributed by atoms with Crippen LogP contribution in [0.4, 0.5) is 5.69 Å². The van der Waals surface area contributed by atoms with Gasteiger partial charge < -0.3 is 10.7 Å². The third-order valence-electron chi connectivity index (χ3n) is 1.70. The second-order valence-electron chi connectivity index (χ2n) is 2.44. The first kappa shape index (κ1) is 8.13. The van der Waals surface area contributed by atoms with E-state index in [9.17, 15) is 0 Å². The molecule has 1 aromatic carbocycles. The molecule has 0 aliphatic rings. The van der Waals surface area contributed by atoms with Crippen molar-refractivity contribution in [1.82, 2.24) is 4.98 Å². The summed E-state index contributed by atoms with van der Waals surface area (Å²) in [6, 6.07) is 4.99. The van der Waals surface area contributed by atoms with E-state index in [0.29, 0.717) is 5.69 Å². The van der Waals surface area contributed by atoms with Crippen molar-refractivity contribution in [2.45, 2.75) is 0 Å². The molecule has 0 atom stereocenters. The maximum atomic E-state index is 5.78. The Balaban J connectivity index is 2.94. The monoisotopic (exact) mass is 287 g/mol. The predicted molar refractivity (Wildman–Crippen MR) is 56.9 cm³/mol. The Morgan fingerprint density at radius 2 is 2.17 bits per heavy atom. The van der Waals surface area contributed by atoms with Gasteiger partial charge in [-0.1, -0.05) is 0 Å². The smallest absolute Gasteiger partial charge is 0.0657 e. The van der Waals surface area contributed by atoms with Gasteiger partial charge in [0.15, 0.2) is 0 Å². The number of H-pyrrole nitrogens is 1. The highest BCUT2D eigenvalue weighted by atomic mass is 79.9. The summed E-state index contributed by atoms with van der Waals surface area (Å²) < 4.78 is 1.77. The first-order valence-corrected chi connectivity index (χ1v) is 4.91. The number of aromatic amines is 1. The number of nitrogen functional groups attached to an aromatic ring is 1. The molecule has 2 rings (SSSR count). The number of hydrogen-bond donors (Lipinski definition) is 2. The second kappa shape index (κ2) is 2.78. The molecule has 0 aliphatic heterocycles. The third kappa shape index (κ3) is 1.06. The van der Waals surface area contributed by atoms with Crippen LogP contribution in [0.3, 0.4) is 0 Å². The predicted octanol–water partition coefficient (Wildman–Crippen LogP) is 3.08. The summed E-state index contributed by atoms with van der Waals surface area (Å²) in [5.74, 6) is 0. The third-order valence-corrected chi connectivity index (χ3v) is 3.18. The van der Waals surface area contributed by atoms with E-state index >= 15 is 0 Å². The summed E-state index contributed by atoms with van der Waals surface area (Å²) in [4.78, 5) is 3.05. The lowest BCUT2D eigenvalue weighted by molar-refractivity contribution is 1.46. The SMILES string of the molecule is Nc1c(Br)cc2[c]c[nH]c2c1Br. The van der Waals surface area contributed by atoms with Crippen LogP contribution in [0.25, 0.3) is 10.9 Å². The molecule has 0 unspecified atom stereocenters. The van der Waals surface area contributed by atoms with Gasteiger partial charge in [-0.15, -0.1) is 0 Å². The fourth-order valence-electron chi connectivity index (χ4n) is 1.08. The van der Waals surface area contributed by atoms with Crippen LogP contribution in [0.15, 0.2) is 21.2 Å². The number of fused-ring (bicyclic) bond motifs is 1. The van der Waals surface area contributed by atoms with Crippen LogP contribution >= 0.6 is 31.9 Å². The van der Waals surface area contributed by atoms with Crippen molar-refractivity contribution in [2.24, 2.45) is 0 Å². The summed E-state index contributed by atoms with van der Waals surface area (Å²) in [5.41, 5.74) is 7.47. The zero-order valence-electron chi connectivity index (χ0n) is 5.99. The van der Waals surface area contributed by atoms with E-state index in [2.05, 4.69) is 42.9 Å². The van der Waals surface area contributed by atoms with Gasteiger partial charge in [-0.05, 0) is 37.9 Å². The fourth-order valence-corrected chi connectivity index (χ4v) is 2.31. The molecule has 2 aromatic rings. The summed E-state index contributed by atoms with van der Waals surface area (Å²) >= 11 is 6.77. The van der Waals surface area contributed by atoms with Crippen LogP contribution in [0.2, 0.25) is 0 Å². The lowest BCUT2D eigenvalue weighted by Gasteiger charge is -2.02. The molecule has 61 valence electrons. The van der Waals surface area contributed by atoms with E-state index in [-0.39, 0.29) is 0 Å². The lowest BCUT2D eigenvalue weighted by atomic mass is 10.2. The molecule has 0 saturated heterocycles. The molecular weight excluding hydrogens is 284 g/mol. The highest BCUT2D eigenvalue weighted by Crippen LogP contribution is 2.34. The maximum absolute atomic E-state index is 5.78. The first-order valence-electron chi connectivity index (χ1n) is 3.32. The van der Waals surface area contributed by atoms with Crippen molar-refractivity contribution in [1.29, 1.82) is 0 Å². The average Bonchev–Trinajstić information content (AvgIpc) is 2.48. The number of nitrogens with two attached hydrogens (primary N) is 1. The van der Waals surface area contributed by atoms with E-state index < -0.39 is 0 Å². The number of aromatic nitrogens is 1. The van der Waals surface area contributed by atoms with Crippen molar-refractivity contribution >= 4 is 48.5 Å². The molecule has 1 heterocycles. The van der Waals surface area contributed by atoms with Crippen LogP contribution in [0, 0.1) is 6.07 Å². The zero-order chi connectivity index (χ0) is 8.72. The van der Waals surface area contributed by atoms with Crippen molar-refractivity contribution < 1.29 is 0 Å². The topological polar surface area (TPSA) is 41.8 Å². The largest absolute Gasteiger partial charge is 0.397 e. The summed E-state index contributed by atoms with van der Waals surface area (Å²) in [5, 5.41) is 1.02. The minimum absolute atomic E-state index is 0.707. The molecule has 0 aliphatic carbocycles. The molecule has 4 heteroatoms. The molecule has 3 N–H and O–H groups in total. The van der Waals surface area contributed by atoms with Gasteiger partial charge in [0.05, 0.1) is 15.7 Å². The van der Waals surface area contributed by atoms with E-state index in [0.717, 1.165) is 19.8 Å². The zero-order valence-corrected chi connectivity index (χ0v) is 9.16. The lowest BCUT2D eigenvalue weighted by Crippen LogP contribution is -1.88. The molecule has 1 aromatic heterocycles. The molecule has 0 fully saturated rings. The first-order chi connectivity index (χ1) is 5.70. The van der Waals surface area contributed by atoms with Crippen molar-refractivity contribution in [2.75, 3.05) is 5.73 Å². The summed E-state index contributed by atoms with van der Waals surface area (Å²) in [6.07, 6.45) is 1.77. The minimum atomic E-state index is 0.707. The number of halogens is 2. The Hall–Kier alpha value is -0.480. The number of benzene rings is 1. The normalized spacial score (nSPS) is 10.8. The highest BCUT2D eigenvalue weighted by Gasteiger charge is 2.07. The average molecular weight is 289 g/mol. The van der Waals surface area contributed by atoms with Crippen molar-refractivity contribution in [3.63, 3.8) is 0 Å². The Labute approximate surface area is 86.4 Å². The molecule has 0 spiro atoms.